The number of hydrogen-bond donors (Lipinski definition) is 1. The molecule has 0 spiro atoms. The first-order chi connectivity index (χ1) is 9.40. The van der Waals surface area contributed by atoms with Crippen LogP contribution < -0.4 is 5.32 Å². The third-order valence-corrected chi connectivity index (χ3v) is 3.23. The van der Waals surface area contributed by atoms with E-state index in [1.807, 2.05) is 37.9 Å². The maximum absolute atomic E-state index is 4.22. The number of fused-ring (bicyclic) bond motifs is 1. The van der Waals surface area contributed by atoms with Gasteiger partial charge in [-0.25, -0.2) is 9.97 Å². The molecule has 94 valence electrons. The molecule has 1 unspecified atom stereocenters. The Morgan fingerprint density at radius 3 is 2.63 bits per heavy atom. The minimum absolute atomic E-state index is 0.0640. The average molecular weight is 250 g/mol. The third-order valence-electron chi connectivity index (χ3n) is 3.23. The Kier molecular flexibility index (Phi) is 3.16. The summed E-state index contributed by atoms with van der Waals surface area (Å²) in [6.45, 7) is 0. The first kappa shape index (κ1) is 11.7. The lowest BCUT2D eigenvalue weighted by Gasteiger charge is -2.18. The maximum atomic E-state index is 4.22. The number of benzene rings is 1. The number of pyridine rings is 1. The van der Waals surface area contributed by atoms with Crippen LogP contribution in [-0.4, -0.2) is 22.0 Å². The molecule has 19 heavy (non-hydrogen) atoms. The molecule has 0 aliphatic rings. The topological polar surface area (TPSA) is 50.7 Å². The van der Waals surface area contributed by atoms with Gasteiger partial charge in [-0.1, -0.05) is 18.2 Å². The molecule has 3 aromatic rings. The predicted octanol–water partition coefficient (Wildman–Crippen LogP) is 2.33. The van der Waals surface area contributed by atoms with Crippen molar-refractivity contribution < 1.29 is 0 Å². The first-order valence-corrected chi connectivity index (χ1v) is 6.15. The Labute approximate surface area is 111 Å². The van der Waals surface area contributed by atoms with Crippen LogP contribution >= 0.6 is 0 Å². The van der Waals surface area contributed by atoms with Crippen molar-refractivity contribution in [3.05, 3.63) is 66.5 Å². The fraction of sp³-hybridized carbons (Fsp3) is 0.133. The van der Waals surface area contributed by atoms with Crippen molar-refractivity contribution in [1.29, 1.82) is 0 Å². The molecule has 3 rings (SSSR count). The van der Waals surface area contributed by atoms with Crippen LogP contribution in [0.4, 0.5) is 0 Å². The van der Waals surface area contributed by atoms with E-state index in [-0.39, 0.29) is 6.04 Å². The van der Waals surface area contributed by atoms with Crippen LogP contribution in [0.1, 0.15) is 17.2 Å². The monoisotopic (exact) mass is 250 g/mol. The second kappa shape index (κ2) is 5.12. The Hall–Kier alpha value is -2.33. The maximum Gasteiger partial charge on any atom is 0.115 e. The zero-order chi connectivity index (χ0) is 13.1. The molecule has 0 saturated heterocycles. The van der Waals surface area contributed by atoms with Crippen molar-refractivity contribution in [3.8, 4) is 0 Å². The molecule has 2 aromatic heterocycles. The molecule has 1 aromatic carbocycles. The van der Waals surface area contributed by atoms with Gasteiger partial charge in [0.2, 0.25) is 0 Å². The molecule has 0 radical (unpaired) electrons. The highest BCUT2D eigenvalue weighted by Gasteiger charge is 2.15. The van der Waals surface area contributed by atoms with Crippen molar-refractivity contribution in [2.75, 3.05) is 7.05 Å². The van der Waals surface area contributed by atoms with Gasteiger partial charge in [0.15, 0.2) is 0 Å². The summed E-state index contributed by atoms with van der Waals surface area (Å²) in [6.07, 6.45) is 8.93. The van der Waals surface area contributed by atoms with E-state index in [1.165, 1.54) is 10.9 Å². The molecule has 1 atom stereocenters. The second-order valence-electron chi connectivity index (χ2n) is 4.34. The minimum Gasteiger partial charge on any atom is -0.309 e. The van der Waals surface area contributed by atoms with Gasteiger partial charge in [0.1, 0.15) is 6.33 Å². The second-order valence-corrected chi connectivity index (χ2v) is 4.34. The number of nitrogens with one attached hydrogen (secondary N) is 1. The summed E-state index contributed by atoms with van der Waals surface area (Å²) in [6, 6.07) is 8.35. The highest BCUT2D eigenvalue weighted by molar-refractivity contribution is 5.85. The summed E-state index contributed by atoms with van der Waals surface area (Å²) in [5.74, 6) is 0. The van der Waals surface area contributed by atoms with E-state index >= 15 is 0 Å². The van der Waals surface area contributed by atoms with Gasteiger partial charge >= 0.3 is 0 Å². The molecule has 2 heterocycles. The van der Waals surface area contributed by atoms with Crippen LogP contribution in [0.15, 0.2) is 55.4 Å². The zero-order valence-corrected chi connectivity index (χ0v) is 10.6. The van der Waals surface area contributed by atoms with E-state index in [0.29, 0.717) is 0 Å². The fourth-order valence-corrected chi connectivity index (χ4v) is 2.35. The highest BCUT2D eigenvalue weighted by Crippen LogP contribution is 2.27. The Morgan fingerprint density at radius 2 is 1.84 bits per heavy atom. The lowest BCUT2D eigenvalue weighted by atomic mass is 9.96. The zero-order valence-electron chi connectivity index (χ0n) is 10.6. The molecule has 0 saturated carbocycles. The molecule has 4 nitrogen and oxygen atoms in total. The number of nitrogens with zero attached hydrogens (tertiary/aromatic N) is 3. The lowest BCUT2D eigenvalue weighted by molar-refractivity contribution is 0.689. The van der Waals surface area contributed by atoms with E-state index in [4.69, 9.17) is 0 Å². The SMILES string of the molecule is CNC(c1cncnc1)c1cccc2ccncc12. The number of rotatable bonds is 3. The lowest BCUT2D eigenvalue weighted by Crippen LogP contribution is -2.18. The fourth-order valence-electron chi connectivity index (χ4n) is 2.35. The molecule has 0 amide bonds. The van der Waals surface area contributed by atoms with Gasteiger partial charge in [-0.05, 0) is 24.1 Å². The van der Waals surface area contributed by atoms with Gasteiger partial charge < -0.3 is 5.32 Å². The van der Waals surface area contributed by atoms with Crippen LogP contribution in [0.5, 0.6) is 0 Å². The van der Waals surface area contributed by atoms with E-state index in [2.05, 4.69) is 38.5 Å². The van der Waals surface area contributed by atoms with Crippen LogP contribution in [0.2, 0.25) is 0 Å². The molecule has 0 aliphatic heterocycles. The predicted molar refractivity (Wildman–Crippen MR) is 74.7 cm³/mol. The van der Waals surface area contributed by atoms with E-state index in [1.54, 1.807) is 6.33 Å². The summed E-state index contributed by atoms with van der Waals surface area (Å²) in [5.41, 5.74) is 2.23. The van der Waals surface area contributed by atoms with Gasteiger partial charge in [0.25, 0.3) is 0 Å². The summed E-state index contributed by atoms with van der Waals surface area (Å²) in [5, 5.41) is 5.65. The molecule has 4 heteroatoms. The van der Waals surface area contributed by atoms with Gasteiger partial charge in [0, 0.05) is 35.7 Å². The van der Waals surface area contributed by atoms with Gasteiger partial charge in [-0.3, -0.25) is 4.98 Å². The van der Waals surface area contributed by atoms with Crippen molar-refractivity contribution >= 4 is 10.8 Å². The third kappa shape index (κ3) is 2.18. The van der Waals surface area contributed by atoms with Crippen LogP contribution in [0.25, 0.3) is 10.8 Å². The van der Waals surface area contributed by atoms with E-state index < -0.39 is 0 Å². The van der Waals surface area contributed by atoms with Crippen LogP contribution in [-0.2, 0) is 0 Å². The summed E-state index contributed by atoms with van der Waals surface area (Å²) >= 11 is 0. The molecular weight excluding hydrogens is 236 g/mol. The van der Waals surface area contributed by atoms with Gasteiger partial charge in [0.05, 0.1) is 6.04 Å². The summed E-state index contributed by atoms with van der Waals surface area (Å²) in [4.78, 5) is 12.4. The van der Waals surface area contributed by atoms with Crippen molar-refractivity contribution in [1.82, 2.24) is 20.3 Å². The Balaban J connectivity index is 2.17. The van der Waals surface area contributed by atoms with Crippen molar-refractivity contribution in [3.63, 3.8) is 0 Å². The van der Waals surface area contributed by atoms with E-state index in [0.717, 1.165) is 10.9 Å². The number of hydrogen-bond acceptors (Lipinski definition) is 4. The molecule has 1 N–H and O–H groups in total. The molecule has 0 aliphatic carbocycles. The standard InChI is InChI=1S/C15H14N4/c1-16-15(12-7-18-10-19-8-12)13-4-2-3-11-5-6-17-9-14(11)13/h2-10,15-16H,1H3. The minimum atomic E-state index is 0.0640. The summed E-state index contributed by atoms with van der Waals surface area (Å²) in [7, 11) is 1.94. The largest absolute Gasteiger partial charge is 0.309 e. The Morgan fingerprint density at radius 1 is 1.00 bits per heavy atom. The van der Waals surface area contributed by atoms with Crippen LogP contribution in [0.3, 0.4) is 0 Å². The van der Waals surface area contributed by atoms with Crippen molar-refractivity contribution in [2.45, 2.75) is 6.04 Å². The smallest absolute Gasteiger partial charge is 0.115 e. The van der Waals surface area contributed by atoms with Crippen molar-refractivity contribution in [2.24, 2.45) is 0 Å². The molecule has 0 bridgehead atoms. The quantitative estimate of drug-likeness (QED) is 0.775. The van der Waals surface area contributed by atoms with E-state index in [9.17, 15) is 0 Å². The number of aromatic nitrogens is 3. The first-order valence-electron chi connectivity index (χ1n) is 6.15. The molecular formula is C15H14N4. The molecule has 0 fully saturated rings. The van der Waals surface area contributed by atoms with Gasteiger partial charge in [-0.15, -0.1) is 0 Å². The summed E-state index contributed by atoms with van der Waals surface area (Å²) < 4.78 is 0. The average Bonchev–Trinajstić information content (AvgIpc) is 2.49. The van der Waals surface area contributed by atoms with Gasteiger partial charge in [-0.2, -0.15) is 0 Å². The Bertz CT molecular complexity index is 677. The van der Waals surface area contributed by atoms with Crippen LogP contribution in [0, 0.1) is 0 Å². The highest BCUT2D eigenvalue weighted by atomic mass is 14.9. The normalized spacial score (nSPS) is 12.5.